The van der Waals surface area contributed by atoms with Gasteiger partial charge in [0, 0.05) is 44.0 Å². The fourth-order valence-corrected chi connectivity index (χ4v) is 9.84. The first kappa shape index (κ1) is 34.4. The predicted molar refractivity (Wildman–Crippen MR) is 251 cm³/mol. The number of fused-ring (bicyclic) bond motifs is 9. The summed E-state index contributed by atoms with van der Waals surface area (Å²) >= 11 is 0. The second kappa shape index (κ2) is 13.2. The molecule has 0 N–H and O–H groups in total. The minimum Gasteiger partial charge on any atom is -0.454 e. The fourth-order valence-electron chi connectivity index (χ4n) is 9.84. The van der Waals surface area contributed by atoms with Gasteiger partial charge in [-0.25, -0.2) is 0 Å². The topological polar surface area (TPSA) is 21.3 Å². The van der Waals surface area contributed by atoms with Gasteiger partial charge in [0.2, 0.25) is 0 Å². The van der Waals surface area contributed by atoms with Crippen molar-refractivity contribution in [2.75, 3.05) is 4.90 Å². The van der Waals surface area contributed by atoms with E-state index in [1.165, 1.54) is 55.3 Å². The first-order valence-electron chi connectivity index (χ1n) is 20.8. The third-order valence-electron chi connectivity index (χ3n) is 12.8. The van der Waals surface area contributed by atoms with E-state index in [0.29, 0.717) is 0 Å². The number of aromatic nitrogens is 1. The second-order valence-corrected chi connectivity index (χ2v) is 16.5. The zero-order valence-corrected chi connectivity index (χ0v) is 33.4. The Morgan fingerprint density at radius 2 is 0.983 bits per heavy atom. The minimum atomic E-state index is -0.102. The summed E-state index contributed by atoms with van der Waals surface area (Å²) in [5.74, 6) is 0. The normalized spacial score (nSPS) is 13.0. The second-order valence-electron chi connectivity index (χ2n) is 16.5. The van der Waals surface area contributed by atoms with E-state index in [2.05, 4.69) is 224 Å². The maximum Gasteiger partial charge on any atom is 0.159 e. The molecule has 0 radical (unpaired) electrons. The molecular weight excluding hydrogens is 729 g/mol. The highest BCUT2D eigenvalue weighted by molar-refractivity contribution is 6.13. The number of nitrogens with zero attached hydrogens (tertiary/aromatic N) is 2. The van der Waals surface area contributed by atoms with Gasteiger partial charge < -0.3 is 13.9 Å². The van der Waals surface area contributed by atoms with Crippen molar-refractivity contribution >= 4 is 60.8 Å². The molecule has 0 bridgehead atoms. The van der Waals surface area contributed by atoms with Crippen molar-refractivity contribution in [3.63, 3.8) is 0 Å². The molecule has 3 heteroatoms. The average molecular weight is 769 g/mol. The third-order valence-corrected chi connectivity index (χ3v) is 12.8. The van der Waals surface area contributed by atoms with Crippen LogP contribution in [0, 0.1) is 0 Å². The van der Waals surface area contributed by atoms with Crippen LogP contribution in [-0.2, 0) is 5.41 Å². The van der Waals surface area contributed by atoms with Gasteiger partial charge in [-0.15, -0.1) is 0 Å². The highest BCUT2D eigenvalue weighted by atomic mass is 16.3. The summed E-state index contributed by atoms with van der Waals surface area (Å²) in [7, 11) is 0. The van der Waals surface area contributed by atoms with E-state index in [-0.39, 0.29) is 5.41 Å². The number of anilines is 3. The van der Waals surface area contributed by atoms with E-state index in [9.17, 15) is 0 Å². The molecule has 11 aromatic rings. The van der Waals surface area contributed by atoms with Crippen LogP contribution in [0.1, 0.15) is 25.0 Å². The molecule has 284 valence electrons. The number of hydrogen-bond donors (Lipinski definition) is 0. The van der Waals surface area contributed by atoms with Gasteiger partial charge in [-0.2, -0.15) is 0 Å². The van der Waals surface area contributed by atoms with Crippen LogP contribution in [0.4, 0.5) is 17.1 Å². The largest absolute Gasteiger partial charge is 0.454 e. The number of rotatable bonds is 6. The van der Waals surface area contributed by atoms with Crippen molar-refractivity contribution in [3.8, 4) is 39.1 Å². The summed E-state index contributed by atoms with van der Waals surface area (Å²) in [6.45, 7) is 4.70. The van der Waals surface area contributed by atoms with E-state index in [0.717, 1.165) is 55.7 Å². The van der Waals surface area contributed by atoms with Crippen LogP contribution in [0.2, 0.25) is 0 Å². The number of hydrogen-bond acceptors (Lipinski definition) is 2. The lowest BCUT2D eigenvalue weighted by molar-refractivity contribution is 0.660. The molecule has 0 unspecified atom stereocenters. The molecule has 60 heavy (non-hydrogen) atoms. The fraction of sp³-hybridized carbons (Fsp3) is 0.0526. The zero-order chi connectivity index (χ0) is 40.0. The Morgan fingerprint density at radius 3 is 1.78 bits per heavy atom. The van der Waals surface area contributed by atoms with Crippen molar-refractivity contribution in [3.05, 3.63) is 217 Å². The molecule has 0 saturated carbocycles. The van der Waals surface area contributed by atoms with Crippen molar-refractivity contribution in [1.29, 1.82) is 0 Å². The molecule has 1 aliphatic rings. The van der Waals surface area contributed by atoms with Gasteiger partial charge in [0.1, 0.15) is 5.58 Å². The van der Waals surface area contributed by atoms with Crippen LogP contribution in [0.15, 0.2) is 211 Å². The highest BCUT2D eigenvalue weighted by Gasteiger charge is 2.35. The van der Waals surface area contributed by atoms with E-state index < -0.39 is 0 Å². The smallest absolute Gasteiger partial charge is 0.159 e. The van der Waals surface area contributed by atoms with Crippen molar-refractivity contribution in [1.82, 2.24) is 4.57 Å². The summed E-state index contributed by atoms with van der Waals surface area (Å²) < 4.78 is 8.90. The molecule has 2 heterocycles. The van der Waals surface area contributed by atoms with Crippen molar-refractivity contribution in [2.45, 2.75) is 19.3 Å². The van der Waals surface area contributed by atoms with Crippen LogP contribution >= 0.6 is 0 Å². The third kappa shape index (κ3) is 5.22. The monoisotopic (exact) mass is 768 g/mol. The van der Waals surface area contributed by atoms with Gasteiger partial charge in [0.25, 0.3) is 0 Å². The number of para-hydroxylation sites is 3. The van der Waals surface area contributed by atoms with Crippen molar-refractivity contribution in [2.24, 2.45) is 0 Å². The molecular formula is C57H40N2O. The predicted octanol–water partition coefficient (Wildman–Crippen LogP) is 15.8. The molecule has 1 aliphatic carbocycles. The summed E-state index contributed by atoms with van der Waals surface area (Å²) in [5.41, 5.74) is 18.6. The molecule has 12 rings (SSSR count). The lowest BCUT2D eigenvalue weighted by atomic mass is 9.82. The van der Waals surface area contributed by atoms with Gasteiger partial charge in [-0.1, -0.05) is 153 Å². The summed E-state index contributed by atoms with van der Waals surface area (Å²) in [4.78, 5) is 2.40. The highest BCUT2D eigenvalue weighted by Crippen LogP contribution is 2.51. The van der Waals surface area contributed by atoms with Crippen LogP contribution in [0.5, 0.6) is 0 Å². The first-order chi connectivity index (χ1) is 29.5. The van der Waals surface area contributed by atoms with Crippen LogP contribution in [0.3, 0.4) is 0 Å². The van der Waals surface area contributed by atoms with Gasteiger partial charge in [0.15, 0.2) is 5.58 Å². The van der Waals surface area contributed by atoms with E-state index >= 15 is 0 Å². The van der Waals surface area contributed by atoms with Gasteiger partial charge in [-0.05, 0) is 111 Å². The summed E-state index contributed by atoms with van der Waals surface area (Å²) in [5, 5.41) is 4.68. The van der Waals surface area contributed by atoms with Crippen LogP contribution in [0.25, 0.3) is 82.8 Å². The lowest BCUT2D eigenvalue weighted by Crippen LogP contribution is -2.16. The molecule has 0 fully saturated rings. The van der Waals surface area contributed by atoms with E-state index in [1.54, 1.807) is 0 Å². The quantitative estimate of drug-likeness (QED) is 0.168. The molecule has 0 aliphatic heterocycles. The Balaban J connectivity index is 0.961. The SMILES string of the molecule is CC1(C)c2ccccc2-c2ccc(N(c3ccc(-c4ccccc4)cc3)c3ccc(-c4ccc5c(c4)c4ccccc4n5-c4cccc5c4oc4ccccc45)cc3)cc21. The Kier molecular flexibility index (Phi) is 7.58. The molecule has 3 nitrogen and oxygen atoms in total. The van der Waals surface area contributed by atoms with E-state index in [1.807, 2.05) is 6.07 Å². The maximum absolute atomic E-state index is 6.54. The first-order valence-corrected chi connectivity index (χ1v) is 20.8. The van der Waals surface area contributed by atoms with Gasteiger partial charge in [0.05, 0.1) is 16.7 Å². The standard InChI is InChI=1S/C57H40N2O/c1-57(2)50-19-9-6-15-44(50)45-33-32-43(36-51(45)57)58(41-28-23-38(24-29-41)37-13-4-3-5-14-37)42-30-25-39(26-31-42)40-27-34-53-49(35-40)46-16-7-10-20-52(46)59(53)54-21-12-18-48-47-17-8-11-22-55(47)60-56(48)54/h3-36H,1-2H3. The zero-order valence-electron chi connectivity index (χ0n) is 33.4. The minimum absolute atomic E-state index is 0.102. The van der Waals surface area contributed by atoms with Gasteiger partial charge >= 0.3 is 0 Å². The number of benzene rings is 9. The van der Waals surface area contributed by atoms with E-state index in [4.69, 9.17) is 4.42 Å². The molecule has 0 atom stereocenters. The lowest BCUT2D eigenvalue weighted by Gasteiger charge is -2.28. The van der Waals surface area contributed by atoms with Crippen LogP contribution < -0.4 is 4.90 Å². The Labute approximate surface area is 349 Å². The average Bonchev–Trinajstić information content (AvgIpc) is 3.92. The number of furan rings is 1. The summed E-state index contributed by atoms with van der Waals surface area (Å²) in [6, 6.07) is 74.8. The Hall–Kier alpha value is -7.62. The molecule has 9 aromatic carbocycles. The Bertz CT molecular complexity index is 3440. The molecule has 2 aromatic heterocycles. The van der Waals surface area contributed by atoms with Crippen molar-refractivity contribution < 1.29 is 4.42 Å². The summed E-state index contributed by atoms with van der Waals surface area (Å²) in [6.07, 6.45) is 0. The Morgan fingerprint density at radius 1 is 0.400 bits per heavy atom. The molecule has 0 spiro atoms. The van der Waals surface area contributed by atoms with Crippen LogP contribution in [-0.4, -0.2) is 4.57 Å². The molecule has 0 amide bonds. The maximum atomic E-state index is 6.54. The molecule has 0 saturated heterocycles. The van der Waals surface area contributed by atoms with Gasteiger partial charge in [-0.3, -0.25) is 0 Å².